The van der Waals surface area contributed by atoms with Crippen molar-refractivity contribution in [2.24, 2.45) is 5.73 Å². The number of primary amides is 1. The number of aromatic amines is 1. The number of rotatable bonds is 3. The van der Waals surface area contributed by atoms with Gasteiger partial charge in [0.2, 0.25) is 0 Å². The highest BCUT2D eigenvalue weighted by Crippen LogP contribution is 2.11. The summed E-state index contributed by atoms with van der Waals surface area (Å²) in [6.07, 6.45) is 0. The zero-order valence-electron chi connectivity index (χ0n) is 9.36. The lowest BCUT2D eigenvalue weighted by molar-refractivity contribution is 0.248. The van der Waals surface area contributed by atoms with Crippen LogP contribution in [0.3, 0.4) is 0 Å². The van der Waals surface area contributed by atoms with Gasteiger partial charge in [0.05, 0.1) is 5.52 Å². The van der Waals surface area contributed by atoms with Gasteiger partial charge in [-0.05, 0) is 31.3 Å². The zero-order chi connectivity index (χ0) is 12.4. The first-order valence-corrected chi connectivity index (χ1v) is 5.58. The number of fused-ring (bicyclic) bond motifs is 1. The van der Waals surface area contributed by atoms with Crippen molar-refractivity contribution >= 4 is 29.4 Å². The second-order valence-electron chi connectivity index (χ2n) is 3.70. The Kier molecular flexibility index (Phi) is 3.10. The lowest BCUT2D eigenvalue weighted by Crippen LogP contribution is -2.32. The van der Waals surface area contributed by atoms with E-state index in [9.17, 15) is 4.79 Å². The van der Waals surface area contributed by atoms with Gasteiger partial charge in [0.25, 0.3) is 0 Å². The number of imidazole rings is 1. The van der Waals surface area contributed by atoms with Gasteiger partial charge < -0.3 is 16.0 Å². The topological polar surface area (TPSA) is 88.7 Å². The van der Waals surface area contributed by atoms with E-state index < -0.39 is 6.03 Å². The molecule has 0 aromatic carbocycles. The number of aryl methyl sites for hydroxylation is 1. The minimum atomic E-state index is -0.541. The summed E-state index contributed by atoms with van der Waals surface area (Å²) in [5.74, 6) is 0. The summed E-state index contributed by atoms with van der Waals surface area (Å²) >= 11 is 5.20. The highest BCUT2D eigenvalue weighted by atomic mass is 32.1. The maximum atomic E-state index is 10.6. The minimum Gasteiger partial charge on any atom is -0.352 e. The van der Waals surface area contributed by atoms with Crippen LogP contribution in [0.2, 0.25) is 0 Å². The summed E-state index contributed by atoms with van der Waals surface area (Å²) in [7, 11) is 0. The van der Waals surface area contributed by atoms with E-state index >= 15 is 0 Å². The molecule has 17 heavy (non-hydrogen) atoms. The number of H-pyrrole nitrogens is 1. The molecule has 7 heteroatoms. The van der Waals surface area contributed by atoms with Crippen LogP contribution in [0.4, 0.5) is 4.79 Å². The van der Waals surface area contributed by atoms with E-state index in [1.54, 1.807) is 0 Å². The van der Waals surface area contributed by atoms with Gasteiger partial charge in [0.1, 0.15) is 0 Å². The molecule has 0 atom stereocenters. The standard InChI is InChI=1S/C10H13N5OS/c1-6-2-3-7-8(13-6)15(10(17)14-7)5-4-12-9(11)16/h2-3H,4-5H2,1H3,(H,14,17)(H3,11,12,16). The average Bonchev–Trinajstić information content (AvgIpc) is 2.55. The molecule has 0 saturated carbocycles. The molecule has 2 rings (SSSR count). The number of pyridine rings is 1. The van der Waals surface area contributed by atoms with Gasteiger partial charge in [-0.1, -0.05) is 0 Å². The summed E-state index contributed by atoms with van der Waals surface area (Å²) in [5.41, 5.74) is 7.60. The Morgan fingerprint density at radius 3 is 3.12 bits per heavy atom. The summed E-state index contributed by atoms with van der Waals surface area (Å²) < 4.78 is 2.43. The third-order valence-electron chi connectivity index (χ3n) is 2.39. The van der Waals surface area contributed by atoms with Crippen molar-refractivity contribution in [3.8, 4) is 0 Å². The normalized spacial score (nSPS) is 10.6. The molecular weight excluding hydrogens is 238 g/mol. The fourth-order valence-electron chi connectivity index (χ4n) is 1.62. The van der Waals surface area contributed by atoms with E-state index in [0.717, 1.165) is 16.9 Å². The van der Waals surface area contributed by atoms with Crippen molar-refractivity contribution in [2.75, 3.05) is 6.54 Å². The SMILES string of the molecule is Cc1ccc2[nH]c(=S)n(CCNC(N)=O)c2n1. The van der Waals surface area contributed by atoms with Gasteiger partial charge >= 0.3 is 6.03 Å². The van der Waals surface area contributed by atoms with Crippen LogP contribution < -0.4 is 11.1 Å². The minimum absolute atomic E-state index is 0.423. The summed E-state index contributed by atoms with van der Waals surface area (Å²) in [4.78, 5) is 18.1. The number of carbonyl (C=O) groups is 1. The van der Waals surface area contributed by atoms with Gasteiger partial charge in [0, 0.05) is 18.8 Å². The van der Waals surface area contributed by atoms with Crippen molar-refractivity contribution in [3.05, 3.63) is 22.6 Å². The van der Waals surface area contributed by atoms with Crippen LogP contribution in [0, 0.1) is 11.7 Å². The molecule has 2 amide bonds. The monoisotopic (exact) mass is 251 g/mol. The predicted molar refractivity (Wildman–Crippen MR) is 67.2 cm³/mol. The molecule has 2 heterocycles. The van der Waals surface area contributed by atoms with Crippen molar-refractivity contribution in [1.82, 2.24) is 19.9 Å². The Morgan fingerprint density at radius 2 is 2.41 bits per heavy atom. The predicted octanol–water partition coefficient (Wildman–Crippen LogP) is 1.07. The Balaban J connectivity index is 2.32. The number of amides is 2. The van der Waals surface area contributed by atoms with E-state index in [-0.39, 0.29) is 0 Å². The van der Waals surface area contributed by atoms with Crippen molar-refractivity contribution in [1.29, 1.82) is 0 Å². The van der Waals surface area contributed by atoms with Crippen LogP contribution in [0.25, 0.3) is 11.2 Å². The second-order valence-corrected chi connectivity index (χ2v) is 4.08. The maximum Gasteiger partial charge on any atom is 0.312 e. The molecule has 2 aromatic rings. The molecule has 0 radical (unpaired) electrons. The first kappa shape index (κ1) is 11.6. The van der Waals surface area contributed by atoms with Gasteiger partial charge in [-0.25, -0.2) is 9.78 Å². The Labute approximate surface area is 103 Å². The number of carbonyl (C=O) groups excluding carboxylic acids is 1. The van der Waals surface area contributed by atoms with Gasteiger partial charge in [-0.2, -0.15) is 0 Å². The number of nitrogens with one attached hydrogen (secondary N) is 2. The molecule has 0 aliphatic rings. The quantitative estimate of drug-likeness (QED) is 0.713. The summed E-state index contributed by atoms with van der Waals surface area (Å²) in [6.45, 7) is 2.88. The third kappa shape index (κ3) is 2.44. The molecular formula is C10H13N5OS. The van der Waals surface area contributed by atoms with Crippen LogP contribution in [0.5, 0.6) is 0 Å². The molecule has 4 N–H and O–H groups in total. The first-order chi connectivity index (χ1) is 8.08. The Bertz CT molecular complexity index is 615. The molecule has 0 aliphatic carbocycles. The van der Waals surface area contributed by atoms with Crippen molar-refractivity contribution in [3.63, 3.8) is 0 Å². The largest absolute Gasteiger partial charge is 0.352 e. The summed E-state index contributed by atoms with van der Waals surface area (Å²) in [6, 6.07) is 3.31. The van der Waals surface area contributed by atoms with Crippen LogP contribution in [-0.2, 0) is 6.54 Å². The van der Waals surface area contributed by atoms with Crippen molar-refractivity contribution in [2.45, 2.75) is 13.5 Å². The smallest absolute Gasteiger partial charge is 0.312 e. The van der Waals surface area contributed by atoms with Gasteiger partial charge in [-0.3, -0.25) is 4.57 Å². The molecule has 2 aromatic heterocycles. The zero-order valence-corrected chi connectivity index (χ0v) is 10.2. The van der Waals surface area contributed by atoms with E-state index in [2.05, 4.69) is 15.3 Å². The van der Waals surface area contributed by atoms with Crippen LogP contribution >= 0.6 is 12.2 Å². The molecule has 90 valence electrons. The molecule has 0 spiro atoms. The lowest BCUT2D eigenvalue weighted by atomic mass is 10.3. The molecule has 0 fully saturated rings. The van der Waals surface area contributed by atoms with Crippen molar-refractivity contribution < 1.29 is 4.79 Å². The number of hydrogen-bond donors (Lipinski definition) is 3. The van der Waals surface area contributed by atoms with Crippen LogP contribution in [-0.4, -0.2) is 27.1 Å². The van der Waals surface area contributed by atoms with E-state index in [1.807, 2.05) is 23.6 Å². The third-order valence-corrected chi connectivity index (χ3v) is 2.71. The number of hydrogen-bond acceptors (Lipinski definition) is 3. The Hall–Kier alpha value is -1.89. The fraction of sp³-hybridized carbons (Fsp3) is 0.300. The Morgan fingerprint density at radius 1 is 1.65 bits per heavy atom. The van der Waals surface area contributed by atoms with Gasteiger partial charge in [-0.15, -0.1) is 0 Å². The van der Waals surface area contributed by atoms with Crippen LogP contribution in [0.15, 0.2) is 12.1 Å². The van der Waals surface area contributed by atoms with E-state index in [4.69, 9.17) is 18.0 Å². The number of nitrogens with two attached hydrogens (primary N) is 1. The maximum absolute atomic E-state index is 10.6. The summed E-state index contributed by atoms with van der Waals surface area (Å²) in [5, 5.41) is 2.52. The van der Waals surface area contributed by atoms with E-state index in [0.29, 0.717) is 17.9 Å². The van der Waals surface area contributed by atoms with E-state index in [1.165, 1.54) is 0 Å². The highest BCUT2D eigenvalue weighted by molar-refractivity contribution is 7.71. The number of urea groups is 1. The number of aromatic nitrogens is 3. The molecule has 6 nitrogen and oxygen atoms in total. The first-order valence-electron chi connectivity index (χ1n) is 5.17. The molecule has 0 bridgehead atoms. The molecule has 0 saturated heterocycles. The van der Waals surface area contributed by atoms with Crippen LogP contribution in [0.1, 0.15) is 5.69 Å². The average molecular weight is 251 g/mol. The van der Waals surface area contributed by atoms with Gasteiger partial charge in [0.15, 0.2) is 10.4 Å². The second kappa shape index (κ2) is 4.54. The number of nitrogens with zero attached hydrogens (tertiary/aromatic N) is 2. The fourth-order valence-corrected chi connectivity index (χ4v) is 1.91. The highest BCUT2D eigenvalue weighted by Gasteiger charge is 2.05. The lowest BCUT2D eigenvalue weighted by Gasteiger charge is -2.04. The molecule has 0 aliphatic heterocycles. The molecule has 0 unspecified atom stereocenters.